The SMILES string of the molecule is CC(=O)N(C[C@H]1CN(c2ccc(C3CCS(=O)(=O)CC3)c(F)c2)C(=O)O1)C(=O)OC(C)OC(=O)C1CCCC1. The summed E-state index contributed by atoms with van der Waals surface area (Å²) in [5, 5.41) is 0. The zero-order valence-corrected chi connectivity index (χ0v) is 22.8. The molecule has 3 aliphatic rings. The van der Waals surface area contributed by atoms with Gasteiger partial charge in [0.05, 0.1) is 36.2 Å². The molecule has 0 radical (unpaired) electrons. The molecule has 2 aliphatic heterocycles. The number of imide groups is 1. The third kappa shape index (κ3) is 7.06. The number of halogens is 1. The number of esters is 1. The van der Waals surface area contributed by atoms with E-state index >= 15 is 0 Å². The Morgan fingerprint density at radius 3 is 2.41 bits per heavy atom. The van der Waals surface area contributed by atoms with Gasteiger partial charge in [-0.1, -0.05) is 18.9 Å². The number of benzene rings is 1. The fourth-order valence-corrected chi connectivity index (χ4v) is 6.72. The van der Waals surface area contributed by atoms with Gasteiger partial charge in [0.25, 0.3) is 0 Å². The molecular weight excluding hydrogens is 535 g/mol. The van der Waals surface area contributed by atoms with Crippen LogP contribution >= 0.6 is 0 Å². The quantitative estimate of drug-likeness (QED) is 0.357. The molecule has 1 aromatic rings. The van der Waals surface area contributed by atoms with Crippen molar-refractivity contribution in [3.8, 4) is 0 Å². The Morgan fingerprint density at radius 1 is 1.13 bits per heavy atom. The summed E-state index contributed by atoms with van der Waals surface area (Å²) in [5.41, 5.74) is 0.627. The lowest BCUT2D eigenvalue weighted by molar-refractivity contribution is -0.171. The normalized spacial score (nSPS) is 22.3. The zero-order valence-electron chi connectivity index (χ0n) is 22.0. The van der Waals surface area contributed by atoms with Gasteiger partial charge in [-0.25, -0.2) is 27.3 Å². The topological polar surface area (TPSA) is 137 Å². The third-order valence-corrected chi connectivity index (χ3v) is 9.10. The first-order valence-corrected chi connectivity index (χ1v) is 14.9. The summed E-state index contributed by atoms with van der Waals surface area (Å²) >= 11 is 0. The van der Waals surface area contributed by atoms with E-state index in [0.29, 0.717) is 18.4 Å². The summed E-state index contributed by atoms with van der Waals surface area (Å²) in [4.78, 5) is 51.5. The van der Waals surface area contributed by atoms with Crippen molar-refractivity contribution in [1.29, 1.82) is 0 Å². The Hall–Kier alpha value is -3.22. The minimum absolute atomic E-state index is 0.00972. The van der Waals surface area contributed by atoms with Crippen LogP contribution in [0.1, 0.15) is 63.9 Å². The lowest BCUT2D eigenvalue weighted by Gasteiger charge is -2.24. The Labute approximate surface area is 226 Å². The third-order valence-electron chi connectivity index (χ3n) is 7.39. The molecule has 2 heterocycles. The summed E-state index contributed by atoms with van der Waals surface area (Å²) in [5.74, 6) is -2.09. The number of carbonyl (C=O) groups excluding carboxylic acids is 4. The number of anilines is 1. The van der Waals surface area contributed by atoms with E-state index in [2.05, 4.69) is 0 Å². The Kier molecular flexibility index (Phi) is 8.77. The largest absolute Gasteiger partial charge is 0.442 e. The van der Waals surface area contributed by atoms with Gasteiger partial charge >= 0.3 is 18.2 Å². The molecule has 1 aromatic carbocycles. The maximum atomic E-state index is 15.0. The molecule has 0 N–H and O–H groups in total. The number of sulfone groups is 1. The van der Waals surface area contributed by atoms with Gasteiger partial charge in [0, 0.05) is 13.8 Å². The smallest absolute Gasteiger partial charge is 0.419 e. The van der Waals surface area contributed by atoms with E-state index in [0.717, 1.165) is 37.5 Å². The highest BCUT2D eigenvalue weighted by molar-refractivity contribution is 7.91. The van der Waals surface area contributed by atoms with Gasteiger partial charge < -0.3 is 14.2 Å². The summed E-state index contributed by atoms with van der Waals surface area (Å²) in [7, 11) is -3.08. The lowest BCUT2D eigenvalue weighted by Crippen LogP contribution is -2.43. The van der Waals surface area contributed by atoms with Crippen molar-refractivity contribution in [3.63, 3.8) is 0 Å². The molecule has 1 unspecified atom stereocenters. The molecular formula is C26H33FN2O9S. The molecule has 3 fully saturated rings. The van der Waals surface area contributed by atoms with Gasteiger partial charge in [-0.3, -0.25) is 14.5 Å². The molecule has 2 atom stereocenters. The van der Waals surface area contributed by atoms with E-state index in [-0.39, 0.29) is 42.1 Å². The second kappa shape index (κ2) is 11.9. The molecule has 214 valence electrons. The van der Waals surface area contributed by atoms with Crippen LogP contribution in [-0.2, 0) is 33.6 Å². The molecule has 2 saturated heterocycles. The van der Waals surface area contributed by atoms with Crippen molar-refractivity contribution in [2.24, 2.45) is 5.92 Å². The first-order valence-electron chi connectivity index (χ1n) is 13.1. The summed E-state index contributed by atoms with van der Waals surface area (Å²) in [6.07, 6.45) is 0.0571. The number of rotatable bonds is 7. The second-order valence-corrected chi connectivity index (χ2v) is 12.6. The molecule has 39 heavy (non-hydrogen) atoms. The Balaban J connectivity index is 1.34. The Bertz CT molecular complexity index is 1220. The minimum Gasteiger partial charge on any atom is -0.442 e. The fourth-order valence-electron chi connectivity index (χ4n) is 5.23. The van der Waals surface area contributed by atoms with E-state index in [1.807, 2.05) is 0 Å². The van der Waals surface area contributed by atoms with Crippen molar-refractivity contribution in [1.82, 2.24) is 4.90 Å². The highest BCUT2D eigenvalue weighted by Crippen LogP contribution is 2.33. The van der Waals surface area contributed by atoms with Crippen LogP contribution in [0, 0.1) is 11.7 Å². The number of ether oxygens (including phenoxy) is 3. The van der Waals surface area contributed by atoms with E-state index < -0.39 is 52.1 Å². The van der Waals surface area contributed by atoms with Gasteiger partial charge in [-0.15, -0.1) is 0 Å². The Morgan fingerprint density at radius 2 is 1.79 bits per heavy atom. The standard InChI is InChI=1S/C26H33FN2O9S/c1-16(30)28(25(32)37-17(2)36-24(31)19-5-3-4-6-19)14-21-15-29(26(33)38-21)20-7-8-22(23(27)13-20)18-9-11-39(34,35)12-10-18/h7-8,13,17-19,21H,3-6,9-12,14-15H2,1-2H3/t17?,21-/m0/s1. The number of hydrogen-bond donors (Lipinski definition) is 0. The first-order chi connectivity index (χ1) is 18.4. The number of hydrogen-bond acceptors (Lipinski definition) is 9. The summed E-state index contributed by atoms with van der Waals surface area (Å²) < 4.78 is 54.0. The van der Waals surface area contributed by atoms with Gasteiger partial charge in [-0.2, -0.15) is 0 Å². The maximum absolute atomic E-state index is 15.0. The number of carbonyl (C=O) groups is 4. The molecule has 4 rings (SSSR count). The van der Waals surface area contributed by atoms with Gasteiger partial charge in [0.15, 0.2) is 0 Å². The molecule has 1 aliphatic carbocycles. The van der Waals surface area contributed by atoms with Gasteiger partial charge in [0.2, 0.25) is 12.2 Å². The van der Waals surface area contributed by atoms with Crippen molar-refractivity contribution in [2.45, 2.75) is 70.7 Å². The lowest BCUT2D eigenvalue weighted by atomic mass is 9.93. The van der Waals surface area contributed by atoms with Gasteiger partial charge in [-0.05, 0) is 49.3 Å². The van der Waals surface area contributed by atoms with E-state index in [1.165, 1.54) is 17.9 Å². The highest BCUT2D eigenvalue weighted by atomic mass is 32.2. The molecule has 1 saturated carbocycles. The first kappa shape index (κ1) is 28.8. The molecule has 0 spiro atoms. The number of cyclic esters (lactones) is 1. The number of nitrogens with zero attached hydrogens (tertiary/aromatic N) is 2. The molecule has 0 bridgehead atoms. The molecule has 11 nitrogen and oxygen atoms in total. The van der Waals surface area contributed by atoms with E-state index in [1.54, 1.807) is 12.1 Å². The maximum Gasteiger partial charge on any atom is 0.419 e. The van der Waals surface area contributed by atoms with Gasteiger partial charge in [0.1, 0.15) is 21.8 Å². The predicted molar refractivity (Wildman–Crippen MR) is 136 cm³/mol. The van der Waals surface area contributed by atoms with Crippen LogP contribution in [0.4, 0.5) is 19.7 Å². The van der Waals surface area contributed by atoms with Crippen LogP contribution in [0.25, 0.3) is 0 Å². The van der Waals surface area contributed by atoms with E-state index in [9.17, 15) is 32.0 Å². The van der Waals surface area contributed by atoms with Crippen LogP contribution < -0.4 is 4.90 Å². The van der Waals surface area contributed by atoms with Crippen LogP contribution in [0.5, 0.6) is 0 Å². The van der Waals surface area contributed by atoms with Crippen molar-refractivity contribution in [3.05, 3.63) is 29.6 Å². The van der Waals surface area contributed by atoms with Crippen LogP contribution in [0.2, 0.25) is 0 Å². The van der Waals surface area contributed by atoms with Crippen LogP contribution in [-0.4, -0.2) is 74.4 Å². The summed E-state index contributed by atoms with van der Waals surface area (Å²) in [6, 6.07) is 4.30. The highest BCUT2D eigenvalue weighted by Gasteiger charge is 2.37. The number of amides is 3. The van der Waals surface area contributed by atoms with Crippen molar-refractivity contribution in [2.75, 3.05) is 29.5 Å². The molecule has 0 aromatic heterocycles. The molecule has 3 amide bonds. The van der Waals surface area contributed by atoms with Crippen LogP contribution in [0.3, 0.4) is 0 Å². The monoisotopic (exact) mass is 568 g/mol. The van der Waals surface area contributed by atoms with Crippen LogP contribution in [0.15, 0.2) is 18.2 Å². The van der Waals surface area contributed by atoms with Crippen molar-refractivity contribution < 1.29 is 46.2 Å². The fraction of sp³-hybridized carbons (Fsp3) is 0.615. The minimum atomic E-state index is -3.08. The average Bonchev–Trinajstić information content (AvgIpc) is 3.52. The predicted octanol–water partition coefficient (Wildman–Crippen LogP) is 3.51. The van der Waals surface area contributed by atoms with E-state index in [4.69, 9.17) is 14.2 Å². The zero-order chi connectivity index (χ0) is 28.3. The summed E-state index contributed by atoms with van der Waals surface area (Å²) in [6.45, 7) is 2.17. The van der Waals surface area contributed by atoms with Crippen molar-refractivity contribution >= 4 is 39.6 Å². The second-order valence-electron chi connectivity index (χ2n) is 10.2. The molecule has 13 heteroatoms. The average molecular weight is 569 g/mol.